The summed E-state index contributed by atoms with van der Waals surface area (Å²) < 4.78 is 9.62. The monoisotopic (exact) mass is 1400 g/mol. The Morgan fingerprint density at radius 1 is 0.588 bits per heavy atom. The predicted molar refractivity (Wildman–Crippen MR) is 401 cm³/mol. The Morgan fingerprint density at radius 2 is 1.04 bits per heavy atom. The first-order valence-corrected chi connectivity index (χ1v) is 38.4. The topological polar surface area (TPSA) is 229 Å². The van der Waals surface area contributed by atoms with Gasteiger partial charge in [-0.25, -0.2) is 4.79 Å². The van der Waals surface area contributed by atoms with Crippen LogP contribution in [0, 0.1) is 11.8 Å². The number of ether oxygens (including phenoxy) is 1. The van der Waals surface area contributed by atoms with Crippen molar-refractivity contribution in [3.05, 3.63) is 63.7 Å². The molecule has 3 aromatic rings. The van der Waals surface area contributed by atoms with Crippen LogP contribution in [0.4, 0.5) is 4.79 Å². The van der Waals surface area contributed by atoms with E-state index in [4.69, 9.17) is 39.4 Å². The van der Waals surface area contributed by atoms with Gasteiger partial charge in [0, 0.05) is 80.6 Å². The van der Waals surface area contributed by atoms with Crippen molar-refractivity contribution in [1.82, 2.24) is 54.7 Å². The number of aromatic hydroxyl groups is 1. The first kappa shape index (κ1) is 85.4. The van der Waals surface area contributed by atoms with E-state index in [0.29, 0.717) is 76.4 Å². The zero-order chi connectivity index (χ0) is 72.1. The van der Waals surface area contributed by atoms with E-state index in [0.717, 1.165) is 121 Å². The molecule has 2 aromatic heterocycles. The second kappa shape index (κ2) is 43.7. The number of hydrogen-bond acceptors (Lipinski definition) is 14. The Labute approximate surface area is 597 Å². The summed E-state index contributed by atoms with van der Waals surface area (Å²) in [7, 11) is 0. The lowest BCUT2D eigenvalue weighted by atomic mass is 9.93. The number of aliphatic hydroxyl groups is 1. The molecule has 6 saturated heterocycles. The predicted octanol–water partition coefficient (Wildman–Crippen LogP) is 14.1. The highest BCUT2D eigenvalue weighted by Gasteiger charge is 2.30. The van der Waals surface area contributed by atoms with Crippen molar-refractivity contribution in [2.45, 2.75) is 305 Å². The molecule has 1 aromatic carbocycles. The lowest BCUT2D eigenvalue weighted by Gasteiger charge is -2.38. The van der Waals surface area contributed by atoms with E-state index in [9.17, 15) is 24.6 Å². The second-order valence-electron chi connectivity index (χ2n) is 31.5. The van der Waals surface area contributed by atoms with Gasteiger partial charge in [-0.2, -0.15) is 10.2 Å². The number of benzene rings is 1. The molecule has 8 N–H and O–H groups in total. The summed E-state index contributed by atoms with van der Waals surface area (Å²) in [6, 6.07) is 8.53. The zero-order valence-corrected chi connectivity index (χ0v) is 65.0. The smallest absolute Gasteiger partial charge is 0.410 e. The third-order valence-corrected chi connectivity index (χ3v) is 20.6. The maximum absolute atomic E-state index is 12.0. The van der Waals surface area contributed by atoms with Crippen molar-refractivity contribution in [3.63, 3.8) is 0 Å². The number of likely N-dealkylation sites (tertiary alicyclic amines) is 5. The van der Waals surface area contributed by atoms with E-state index >= 15 is 0 Å². The van der Waals surface area contributed by atoms with Gasteiger partial charge in [0.15, 0.2) is 5.75 Å². The van der Waals surface area contributed by atoms with Crippen LogP contribution in [0.25, 0.3) is 0 Å². The quantitative estimate of drug-likeness (QED) is 0.0882. The number of halogens is 2. The first-order chi connectivity index (χ1) is 45.7. The minimum absolute atomic E-state index is 0.0276. The van der Waals surface area contributed by atoms with Gasteiger partial charge in [-0.15, -0.1) is 0 Å². The molecular formula is C76H137Cl2N13O6. The van der Waals surface area contributed by atoms with E-state index < -0.39 is 5.60 Å². The van der Waals surface area contributed by atoms with Gasteiger partial charge in [0.1, 0.15) is 5.60 Å². The molecule has 6 aliphatic heterocycles. The molecule has 1 unspecified atom stereocenters. The number of aliphatic hydroxyl groups excluding tert-OH is 1. The molecule has 8 heterocycles. The minimum atomic E-state index is -0.428. The van der Waals surface area contributed by atoms with Gasteiger partial charge >= 0.3 is 6.09 Å². The van der Waals surface area contributed by atoms with Crippen molar-refractivity contribution >= 4 is 41.1 Å². The summed E-state index contributed by atoms with van der Waals surface area (Å²) in [4.78, 5) is 45.6. The summed E-state index contributed by atoms with van der Waals surface area (Å²) in [6.45, 7) is 49.6. The van der Waals surface area contributed by atoms with Crippen molar-refractivity contribution < 1.29 is 29.3 Å². The average molecular weight is 1400 g/mol. The van der Waals surface area contributed by atoms with Crippen molar-refractivity contribution in [2.24, 2.45) is 23.3 Å². The standard InChI is InChI=1S/C16H27N3O2.C12H24N2.C11H19N3.C10H20N2O.C9H10Cl2O.C9H18N2O.C9H19NO/c1-12(2)13-10-17-19(11-13)14-6-8-18(9-7-14)15(20)21-16(3,4)5;1-11(2)13-9-5-12(6-10-13)14-7-3-4-8-14;1-9(2)10-7-13-14(8-10)11-3-5-12-6-4-11;1-8(2)12-5-3-4-9(7-12)6-10(11)13;1-5(2)6-3-7(10)9(12)8(11)4-6;1-7(2)11-5-3-8(4-6-11)9(10)12;1-7(2)10-8-3-5-9(11)6-4-8/h10-12,14H,6-9H2,1-5H3;11-12H,3-10H2,1-2H3;7-9,11-12H,3-6H2,1-2H3;8-9H,3-7H2,1-2H3,(H2,11,13);3-5,12H,1-2H3;7-8H,3-6H2,1-2H3,(H2,10,12);7-11H,3-6H2,1-2H3. The van der Waals surface area contributed by atoms with Gasteiger partial charge in [-0.1, -0.05) is 78.6 Å². The summed E-state index contributed by atoms with van der Waals surface area (Å²) in [5, 5.41) is 34.9. The highest BCUT2D eigenvalue weighted by molar-refractivity contribution is 6.37. The van der Waals surface area contributed by atoms with Crippen LogP contribution in [0.1, 0.15) is 273 Å². The van der Waals surface area contributed by atoms with Crippen LogP contribution in [0.5, 0.6) is 5.75 Å². The maximum Gasteiger partial charge on any atom is 0.410 e. The molecule has 1 aliphatic carbocycles. The molecule has 21 heteroatoms. The van der Waals surface area contributed by atoms with E-state index in [2.05, 4.69) is 145 Å². The number of nitrogens with one attached hydrogen (secondary N) is 2. The normalized spacial score (nSPS) is 21.6. The van der Waals surface area contributed by atoms with E-state index in [-0.39, 0.29) is 35.7 Å². The van der Waals surface area contributed by atoms with Gasteiger partial charge in [0.05, 0.1) is 40.6 Å². The van der Waals surface area contributed by atoms with Crippen molar-refractivity contribution in [3.8, 4) is 5.75 Å². The van der Waals surface area contributed by atoms with E-state index in [1.807, 2.05) is 47.0 Å². The molecule has 1 saturated carbocycles. The Balaban J connectivity index is 0.000000243. The second-order valence-corrected chi connectivity index (χ2v) is 32.3. The molecule has 3 amide bonds. The fourth-order valence-electron chi connectivity index (χ4n) is 13.6. The van der Waals surface area contributed by atoms with Crippen LogP contribution in [-0.4, -0.2) is 199 Å². The molecule has 0 radical (unpaired) electrons. The number of nitrogens with zero attached hydrogens (tertiary/aromatic N) is 9. The molecule has 0 spiro atoms. The number of phenols is 1. The Morgan fingerprint density at radius 3 is 1.45 bits per heavy atom. The number of carbonyl (C=O) groups excluding carboxylic acids is 3. The summed E-state index contributed by atoms with van der Waals surface area (Å²) in [6.07, 6.45) is 27.0. The molecule has 0 bridgehead atoms. The lowest BCUT2D eigenvalue weighted by Crippen LogP contribution is -2.45. The maximum atomic E-state index is 12.0. The van der Waals surface area contributed by atoms with Gasteiger partial charge < -0.3 is 61.6 Å². The van der Waals surface area contributed by atoms with Crippen LogP contribution in [-0.2, 0) is 14.3 Å². The zero-order valence-electron chi connectivity index (χ0n) is 63.5. The molecule has 7 fully saturated rings. The van der Waals surface area contributed by atoms with Crippen LogP contribution in [0.15, 0.2) is 36.9 Å². The highest BCUT2D eigenvalue weighted by atomic mass is 35.5. The summed E-state index contributed by atoms with van der Waals surface area (Å²) in [5.74, 6) is 1.75. The Hall–Kier alpha value is -4.05. The summed E-state index contributed by atoms with van der Waals surface area (Å²) in [5.41, 5.74) is 13.6. The number of piperidine rings is 5. The van der Waals surface area contributed by atoms with E-state index in [1.54, 1.807) is 17.0 Å². The van der Waals surface area contributed by atoms with Crippen LogP contribution in [0.3, 0.4) is 0 Å². The number of carbonyl (C=O) groups is 3. The number of phenolic OH excluding ortho intramolecular Hbond substituents is 1. The molecule has 10 rings (SSSR count). The third-order valence-electron chi connectivity index (χ3n) is 20.0. The van der Waals surface area contributed by atoms with Crippen LogP contribution >= 0.6 is 23.2 Å². The molecule has 556 valence electrons. The number of nitrogens with two attached hydrogens (primary N) is 2. The average Bonchev–Trinajstić information content (AvgIpc) is 1.83. The number of rotatable bonds is 14. The lowest BCUT2D eigenvalue weighted by molar-refractivity contribution is -0.123. The van der Waals surface area contributed by atoms with Crippen molar-refractivity contribution in [2.75, 3.05) is 78.5 Å². The Bertz CT molecular complexity index is 2630. The van der Waals surface area contributed by atoms with Crippen molar-refractivity contribution in [1.29, 1.82) is 0 Å². The van der Waals surface area contributed by atoms with E-state index in [1.165, 1.54) is 88.8 Å². The van der Waals surface area contributed by atoms with Gasteiger partial charge in [0.25, 0.3) is 0 Å². The van der Waals surface area contributed by atoms with Gasteiger partial charge in [0.2, 0.25) is 11.8 Å². The molecule has 7 aliphatic rings. The fraction of sp³-hybridized carbons (Fsp3) is 0.803. The number of aromatic nitrogens is 4. The first-order valence-electron chi connectivity index (χ1n) is 37.6. The summed E-state index contributed by atoms with van der Waals surface area (Å²) >= 11 is 11.5. The SMILES string of the molecule is CC(C)N1CCC(C(N)=O)CC1.CC(C)N1CCC(N2CCCC2)CC1.CC(C)N1CCCC(CC(N)=O)C1.CC(C)NC1CCC(O)CC1.CC(C)c1cc(Cl)c(O)c(Cl)c1.CC(C)c1cnn(C2CCN(C(=O)OC(C)(C)C)CC2)c1.CC(C)c1cnn(C2CCNCC2)c1. The number of hydrogen-bond donors (Lipinski definition) is 6. The minimum Gasteiger partial charge on any atom is -0.505 e. The van der Waals surface area contributed by atoms with Crippen LogP contribution in [0.2, 0.25) is 10.0 Å². The van der Waals surface area contributed by atoms with Gasteiger partial charge in [-0.05, 0) is 276 Å². The molecular weight excluding hydrogens is 1260 g/mol. The number of primary amides is 2. The molecule has 19 nitrogen and oxygen atoms in total. The Kier molecular flexibility index (Phi) is 38.4. The van der Waals surface area contributed by atoms with Crippen LogP contribution < -0.4 is 22.1 Å². The fourth-order valence-corrected chi connectivity index (χ4v) is 14.1. The highest BCUT2D eigenvalue weighted by Crippen LogP contribution is 2.35. The third kappa shape index (κ3) is 32.2. The molecule has 1 atom stereocenters. The number of amides is 3. The largest absolute Gasteiger partial charge is 0.505 e. The van der Waals surface area contributed by atoms with Gasteiger partial charge in [-0.3, -0.25) is 19.0 Å². The molecule has 97 heavy (non-hydrogen) atoms.